The van der Waals surface area contributed by atoms with Crippen LogP contribution in [0, 0.1) is 0 Å². The Kier molecular flexibility index (Phi) is 7.51. The van der Waals surface area contributed by atoms with Gasteiger partial charge in [-0.1, -0.05) is 0 Å². The Morgan fingerprint density at radius 1 is 1.47 bits per heavy atom. The molecule has 0 amide bonds. The highest BCUT2D eigenvalue weighted by atomic mass is 16.6. The van der Waals surface area contributed by atoms with Crippen molar-refractivity contribution in [3.8, 4) is 0 Å². The average Bonchev–Trinajstić information content (AvgIpc) is 2.26. The molecular weight excluding hydrogens is 204 g/mol. The van der Waals surface area contributed by atoms with Gasteiger partial charge >= 0.3 is 11.9 Å². The van der Waals surface area contributed by atoms with Gasteiger partial charge in [-0.05, 0) is 0 Å². The molecule has 0 heterocycles. The molecule has 0 aliphatic rings. The molecule has 1 unspecified atom stereocenters. The van der Waals surface area contributed by atoms with Gasteiger partial charge in [-0.3, -0.25) is 5.32 Å². The minimum atomic E-state index is -1.21. The average molecular weight is 220 g/mol. The van der Waals surface area contributed by atoms with Crippen molar-refractivity contribution in [1.29, 1.82) is 0 Å². The number of hydrogen-bond donors (Lipinski definition) is 3. The number of nitrogens with two attached hydrogens (primary N) is 1. The first-order valence-corrected chi connectivity index (χ1v) is 4.46. The van der Waals surface area contributed by atoms with Gasteiger partial charge < -0.3 is 20.3 Å². The summed E-state index contributed by atoms with van der Waals surface area (Å²) in [4.78, 5) is 22.4. The molecule has 0 aliphatic heterocycles. The minimum absolute atomic E-state index is 0.0349. The summed E-state index contributed by atoms with van der Waals surface area (Å²) < 4.78 is 9.06. The minimum Gasteiger partial charge on any atom is -0.467 e. The van der Waals surface area contributed by atoms with E-state index < -0.39 is 18.0 Å². The van der Waals surface area contributed by atoms with Gasteiger partial charge in [-0.15, -0.1) is 0 Å². The standard InChI is InChI=1S/C8H16N2O5/c1-14-7(12)6(10-3-4-11)8(13)15-5-2-9/h6,10-11H,2-5,9H2,1H3. The summed E-state index contributed by atoms with van der Waals surface area (Å²) in [5, 5.41) is 11.0. The number of ether oxygens (including phenoxy) is 2. The second kappa shape index (κ2) is 8.16. The van der Waals surface area contributed by atoms with Crippen molar-refractivity contribution < 1.29 is 24.2 Å². The van der Waals surface area contributed by atoms with Crippen LogP contribution in [0.4, 0.5) is 0 Å². The lowest BCUT2D eigenvalue weighted by Gasteiger charge is -2.14. The van der Waals surface area contributed by atoms with Crippen molar-refractivity contribution in [2.45, 2.75) is 6.04 Å². The fourth-order valence-electron chi connectivity index (χ4n) is 0.832. The van der Waals surface area contributed by atoms with Crippen molar-refractivity contribution >= 4 is 11.9 Å². The normalized spacial score (nSPS) is 11.9. The van der Waals surface area contributed by atoms with Crippen LogP contribution >= 0.6 is 0 Å². The molecule has 0 saturated carbocycles. The number of methoxy groups -OCH3 is 1. The molecule has 7 heteroatoms. The summed E-state index contributed by atoms with van der Waals surface area (Å²) >= 11 is 0. The van der Waals surface area contributed by atoms with Gasteiger partial charge in [-0.2, -0.15) is 0 Å². The maximum absolute atomic E-state index is 11.3. The Labute approximate surface area is 87.5 Å². The summed E-state index contributed by atoms with van der Waals surface area (Å²) in [7, 11) is 1.16. The van der Waals surface area contributed by atoms with Crippen molar-refractivity contribution in [3.05, 3.63) is 0 Å². The van der Waals surface area contributed by atoms with E-state index in [9.17, 15) is 9.59 Å². The topological polar surface area (TPSA) is 111 Å². The lowest BCUT2D eigenvalue weighted by Crippen LogP contribution is -2.46. The highest BCUT2D eigenvalue weighted by Crippen LogP contribution is 1.92. The van der Waals surface area contributed by atoms with E-state index in [2.05, 4.69) is 14.8 Å². The van der Waals surface area contributed by atoms with Crippen LogP contribution in [0.5, 0.6) is 0 Å². The molecule has 0 fully saturated rings. The number of hydrogen-bond acceptors (Lipinski definition) is 7. The van der Waals surface area contributed by atoms with Crippen LogP contribution < -0.4 is 11.1 Å². The SMILES string of the molecule is COC(=O)C(NCCO)C(=O)OCCN. The molecular formula is C8H16N2O5. The lowest BCUT2D eigenvalue weighted by molar-refractivity contribution is -0.156. The second-order valence-electron chi connectivity index (χ2n) is 2.59. The maximum Gasteiger partial charge on any atom is 0.334 e. The van der Waals surface area contributed by atoms with Crippen LogP contribution in [0.25, 0.3) is 0 Å². The molecule has 88 valence electrons. The number of nitrogens with one attached hydrogen (secondary N) is 1. The van der Waals surface area contributed by atoms with Crippen molar-refractivity contribution in [1.82, 2.24) is 5.32 Å². The maximum atomic E-state index is 11.3. The first-order valence-electron chi connectivity index (χ1n) is 4.46. The lowest BCUT2D eigenvalue weighted by atomic mass is 10.3. The quantitative estimate of drug-likeness (QED) is 0.324. The van der Waals surface area contributed by atoms with E-state index in [4.69, 9.17) is 10.8 Å². The second-order valence-corrected chi connectivity index (χ2v) is 2.59. The summed E-state index contributed by atoms with van der Waals surface area (Å²) in [5.41, 5.74) is 5.13. The molecule has 1 atom stereocenters. The molecule has 0 aromatic rings. The molecule has 4 N–H and O–H groups in total. The highest BCUT2D eigenvalue weighted by Gasteiger charge is 2.28. The van der Waals surface area contributed by atoms with Crippen LogP contribution in [0.3, 0.4) is 0 Å². The molecule has 0 bridgehead atoms. The van der Waals surface area contributed by atoms with E-state index in [-0.39, 0.29) is 26.3 Å². The summed E-state index contributed by atoms with van der Waals surface area (Å²) in [6.07, 6.45) is 0. The van der Waals surface area contributed by atoms with E-state index in [1.165, 1.54) is 0 Å². The smallest absolute Gasteiger partial charge is 0.334 e. The molecule has 0 saturated heterocycles. The summed E-state index contributed by atoms with van der Waals surface area (Å²) in [5.74, 6) is -1.52. The van der Waals surface area contributed by atoms with Crippen molar-refractivity contribution in [3.63, 3.8) is 0 Å². The highest BCUT2D eigenvalue weighted by molar-refractivity contribution is 5.99. The monoisotopic (exact) mass is 220 g/mol. The van der Waals surface area contributed by atoms with Gasteiger partial charge in [0.15, 0.2) is 0 Å². The number of rotatable bonds is 7. The first kappa shape index (κ1) is 13.8. The van der Waals surface area contributed by atoms with Gasteiger partial charge in [0.25, 0.3) is 0 Å². The Morgan fingerprint density at radius 2 is 2.13 bits per heavy atom. The van der Waals surface area contributed by atoms with E-state index in [1.54, 1.807) is 0 Å². The Hall–Kier alpha value is -1.18. The molecule has 0 radical (unpaired) electrons. The molecule has 0 rings (SSSR count). The molecule has 0 aromatic heterocycles. The van der Waals surface area contributed by atoms with Crippen LogP contribution in [0.1, 0.15) is 0 Å². The van der Waals surface area contributed by atoms with Gasteiger partial charge in [0, 0.05) is 13.1 Å². The third-order valence-electron chi connectivity index (χ3n) is 1.50. The predicted molar refractivity (Wildman–Crippen MR) is 50.9 cm³/mol. The van der Waals surface area contributed by atoms with Gasteiger partial charge in [0.05, 0.1) is 13.7 Å². The number of aliphatic hydroxyl groups excluding tert-OH is 1. The van der Waals surface area contributed by atoms with E-state index >= 15 is 0 Å². The van der Waals surface area contributed by atoms with Crippen molar-refractivity contribution in [2.24, 2.45) is 5.73 Å². The number of esters is 2. The van der Waals surface area contributed by atoms with E-state index in [0.717, 1.165) is 7.11 Å². The largest absolute Gasteiger partial charge is 0.467 e. The summed E-state index contributed by atoms with van der Waals surface area (Å²) in [6.45, 7) is 0.113. The Bertz CT molecular complexity index is 209. The van der Waals surface area contributed by atoms with Gasteiger partial charge in [0.2, 0.25) is 6.04 Å². The zero-order chi connectivity index (χ0) is 11.7. The van der Waals surface area contributed by atoms with Crippen molar-refractivity contribution in [2.75, 3.05) is 33.4 Å². The summed E-state index contributed by atoms with van der Waals surface area (Å²) in [6, 6.07) is -1.21. The Morgan fingerprint density at radius 3 is 2.60 bits per heavy atom. The van der Waals surface area contributed by atoms with Crippen LogP contribution in [-0.4, -0.2) is 56.5 Å². The zero-order valence-corrected chi connectivity index (χ0v) is 8.56. The zero-order valence-electron chi connectivity index (χ0n) is 8.56. The molecule has 15 heavy (non-hydrogen) atoms. The number of carbonyl (C=O) groups excluding carboxylic acids is 2. The molecule has 0 aliphatic carbocycles. The third kappa shape index (κ3) is 5.31. The van der Waals surface area contributed by atoms with Crippen LogP contribution in [-0.2, 0) is 19.1 Å². The van der Waals surface area contributed by atoms with Crippen LogP contribution in [0.2, 0.25) is 0 Å². The van der Waals surface area contributed by atoms with E-state index in [0.29, 0.717) is 0 Å². The van der Waals surface area contributed by atoms with Crippen LogP contribution in [0.15, 0.2) is 0 Å². The van der Waals surface area contributed by atoms with Gasteiger partial charge in [-0.25, -0.2) is 9.59 Å². The molecule has 7 nitrogen and oxygen atoms in total. The fourth-order valence-corrected chi connectivity index (χ4v) is 0.832. The third-order valence-corrected chi connectivity index (χ3v) is 1.50. The molecule has 0 aromatic carbocycles. The predicted octanol–water partition coefficient (Wildman–Crippen LogP) is -2.39. The van der Waals surface area contributed by atoms with Gasteiger partial charge in [0.1, 0.15) is 6.61 Å². The number of carbonyl (C=O) groups is 2. The Balaban J connectivity index is 4.20. The van der Waals surface area contributed by atoms with E-state index in [1.807, 2.05) is 0 Å². The molecule has 0 spiro atoms. The number of aliphatic hydroxyl groups is 1. The first-order chi connectivity index (χ1) is 7.17. The fraction of sp³-hybridized carbons (Fsp3) is 0.750.